The minimum atomic E-state index is -3.27. The van der Waals surface area contributed by atoms with E-state index in [0.717, 1.165) is 19.4 Å². The van der Waals surface area contributed by atoms with Crippen molar-refractivity contribution in [2.45, 2.75) is 31.8 Å². The van der Waals surface area contributed by atoms with Gasteiger partial charge in [-0.05, 0) is 26.3 Å². The van der Waals surface area contributed by atoms with Crippen LogP contribution in [0, 0.1) is 0 Å². The van der Waals surface area contributed by atoms with Gasteiger partial charge in [0.05, 0.1) is 0 Å². The van der Waals surface area contributed by atoms with E-state index in [-0.39, 0.29) is 6.04 Å². The van der Waals surface area contributed by atoms with Gasteiger partial charge in [-0.2, -0.15) is 13.1 Å². The lowest BCUT2D eigenvalue weighted by Gasteiger charge is -2.28. The van der Waals surface area contributed by atoms with Crippen molar-refractivity contribution < 1.29 is 8.42 Å². The van der Waals surface area contributed by atoms with Crippen molar-refractivity contribution in [3.8, 4) is 0 Å². The van der Waals surface area contributed by atoms with Crippen LogP contribution < -0.4 is 14.8 Å². The molecular weight excluding hydrogens is 190 g/mol. The van der Waals surface area contributed by atoms with Crippen molar-refractivity contribution in [1.29, 1.82) is 0 Å². The summed E-state index contributed by atoms with van der Waals surface area (Å²) in [7, 11) is -1.86. The number of nitrogens with one attached hydrogen (secondary N) is 3. The van der Waals surface area contributed by atoms with E-state index in [1.54, 1.807) is 0 Å². The Labute approximate surface area is 79.5 Å². The van der Waals surface area contributed by atoms with E-state index >= 15 is 0 Å². The first-order valence-corrected chi connectivity index (χ1v) is 5.96. The Morgan fingerprint density at radius 2 is 2.15 bits per heavy atom. The first kappa shape index (κ1) is 10.9. The van der Waals surface area contributed by atoms with Crippen LogP contribution in [0.2, 0.25) is 0 Å². The monoisotopic (exact) mass is 207 g/mol. The SMILES string of the molecule is CNS(=O)(=O)NC1CCNC(C)C1. The molecule has 0 aromatic carbocycles. The molecule has 5 nitrogen and oxygen atoms in total. The summed E-state index contributed by atoms with van der Waals surface area (Å²) < 4.78 is 27.1. The van der Waals surface area contributed by atoms with E-state index in [2.05, 4.69) is 21.7 Å². The number of piperidine rings is 1. The van der Waals surface area contributed by atoms with Crippen LogP contribution in [0.4, 0.5) is 0 Å². The summed E-state index contributed by atoms with van der Waals surface area (Å²) in [5.41, 5.74) is 0. The van der Waals surface area contributed by atoms with Crippen LogP contribution in [0.25, 0.3) is 0 Å². The fourth-order valence-electron chi connectivity index (χ4n) is 1.52. The van der Waals surface area contributed by atoms with E-state index in [1.807, 2.05) is 0 Å². The van der Waals surface area contributed by atoms with Crippen LogP contribution in [0.15, 0.2) is 0 Å². The van der Waals surface area contributed by atoms with Crippen LogP contribution in [0.1, 0.15) is 19.8 Å². The molecule has 1 saturated heterocycles. The molecule has 78 valence electrons. The molecule has 0 aromatic heterocycles. The Kier molecular flexibility index (Phi) is 3.66. The van der Waals surface area contributed by atoms with Crippen molar-refractivity contribution in [2.24, 2.45) is 0 Å². The van der Waals surface area contributed by atoms with Gasteiger partial charge in [0.2, 0.25) is 0 Å². The highest BCUT2D eigenvalue weighted by atomic mass is 32.2. The summed E-state index contributed by atoms with van der Waals surface area (Å²) in [4.78, 5) is 0. The molecule has 1 aliphatic heterocycles. The van der Waals surface area contributed by atoms with Gasteiger partial charge in [-0.25, -0.2) is 4.72 Å². The van der Waals surface area contributed by atoms with Gasteiger partial charge >= 0.3 is 0 Å². The van der Waals surface area contributed by atoms with Crippen LogP contribution in [-0.2, 0) is 10.2 Å². The Bertz CT molecular complexity index is 252. The summed E-state index contributed by atoms with van der Waals surface area (Å²) in [6.45, 7) is 2.93. The van der Waals surface area contributed by atoms with Crippen LogP contribution in [0.3, 0.4) is 0 Å². The second kappa shape index (κ2) is 4.36. The van der Waals surface area contributed by atoms with Gasteiger partial charge in [-0.3, -0.25) is 0 Å². The first-order valence-electron chi connectivity index (χ1n) is 4.47. The normalized spacial score (nSPS) is 30.3. The van der Waals surface area contributed by atoms with Gasteiger partial charge in [0.25, 0.3) is 10.2 Å². The molecule has 3 N–H and O–H groups in total. The molecule has 0 saturated carbocycles. The number of hydrogen-bond acceptors (Lipinski definition) is 3. The molecule has 13 heavy (non-hydrogen) atoms. The third-order valence-electron chi connectivity index (χ3n) is 2.21. The molecule has 0 radical (unpaired) electrons. The van der Waals surface area contributed by atoms with Gasteiger partial charge in [0.15, 0.2) is 0 Å². The van der Waals surface area contributed by atoms with Crippen LogP contribution >= 0.6 is 0 Å². The summed E-state index contributed by atoms with van der Waals surface area (Å²) in [5, 5.41) is 3.26. The molecule has 0 aliphatic carbocycles. The molecule has 0 spiro atoms. The third-order valence-corrected chi connectivity index (χ3v) is 3.40. The lowest BCUT2D eigenvalue weighted by atomic mass is 10.0. The van der Waals surface area contributed by atoms with Crippen molar-refractivity contribution >= 4 is 10.2 Å². The van der Waals surface area contributed by atoms with Gasteiger partial charge in [0.1, 0.15) is 0 Å². The topological polar surface area (TPSA) is 70.2 Å². The highest BCUT2D eigenvalue weighted by molar-refractivity contribution is 7.87. The maximum Gasteiger partial charge on any atom is 0.276 e. The lowest BCUT2D eigenvalue weighted by Crippen LogP contribution is -2.48. The predicted molar refractivity (Wildman–Crippen MR) is 51.6 cm³/mol. The van der Waals surface area contributed by atoms with Gasteiger partial charge in [-0.15, -0.1) is 0 Å². The highest BCUT2D eigenvalue weighted by Gasteiger charge is 2.21. The average molecular weight is 207 g/mol. The largest absolute Gasteiger partial charge is 0.314 e. The third kappa shape index (κ3) is 3.60. The zero-order chi connectivity index (χ0) is 9.90. The molecule has 2 atom stereocenters. The maximum absolute atomic E-state index is 11.1. The molecule has 1 heterocycles. The molecule has 1 rings (SSSR count). The molecule has 0 aromatic rings. The second-order valence-electron chi connectivity index (χ2n) is 3.40. The molecule has 2 unspecified atom stereocenters. The minimum absolute atomic E-state index is 0.0636. The summed E-state index contributed by atoms with van der Waals surface area (Å²) in [5.74, 6) is 0. The fraction of sp³-hybridized carbons (Fsp3) is 1.00. The Morgan fingerprint density at radius 3 is 2.69 bits per heavy atom. The predicted octanol–water partition coefficient (Wildman–Crippen LogP) is -0.819. The Hall–Kier alpha value is -0.170. The second-order valence-corrected chi connectivity index (χ2v) is 5.05. The maximum atomic E-state index is 11.1. The van der Waals surface area contributed by atoms with Gasteiger partial charge < -0.3 is 5.32 Å². The van der Waals surface area contributed by atoms with Crippen molar-refractivity contribution in [3.05, 3.63) is 0 Å². The van der Waals surface area contributed by atoms with Gasteiger partial charge in [0, 0.05) is 19.1 Å². The molecule has 0 bridgehead atoms. The quantitative estimate of drug-likeness (QED) is 0.566. The van der Waals surface area contributed by atoms with Crippen LogP contribution in [0.5, 0.6) is 0 Å². The van der Waals surface area contributed by atoms with E-state index in [1.165, 1.54) is 7.05 Å². The zero-order valence-corrected chi connectivity index (χ0v) is 8.82. The van der Waals surface area contributed by atoms with E-state index in [4.69, 9.17) is 0 Å². The summed E-state index contributed by atoms with van der Waals surface area (Å²) in [6, 6.07) is 0.451. The first-order chi connectivity index (χ1) is 6.03. The Morgan fingerprint density at radius 1 is 1.46 bits per heavy atom. The number of hydrogen-bond donors (Lipinski definition) is 3. The number of rotatable bonds is 3. The smallest absolute Gasteiger partial charge is 0.276 e. The standard InChI is InChI=1S/C7H17N3O2S/c1-6-5-7(3-4-9-6)10-13(11,12)8-2/h6-10H,3-5H2,1-2H3. The average Bonchev–Trinajstić information content (AvgIpc) is 2.03. The van der Waals surface area contributed by atoms with E-state index < -0.39 is 10.2 Å². The van der Waals surface area contributed by atoms with Crippen molar-refractivity contribution in [3.63, 3.8) is 0 Å². The van der Waals surface area contributed by atoms with E-state index in [9.17, 15) is 8.42 Å². The molecule has 0 amide bonds. The minimum Gasteiger partial charge on any atom is -0.314 e. The lowest BCUT2D eigenvalue weighted by molar-refractivity contribution is 0.360. The van der Waals surface area contributed by atoms with Gasteiger partial charge in [-0.1, -0.05) is 0 Å². The zero-order valence-electron chi connectivity index (χ0n) is 8.00. The fourth-order valence-corrected chi connectivity index (χ4v) is 2.29. The molecular formula is C7H17N3O2S. The summed E-state index contributed by atoms with van der Waals surface area (Å²) >= 11 is 0. The highest BCUT2D eigenvalue weighted by Crippen LogP contribution is 2.08. The van der Waals surface area contributed by atoms with Crippen molar-refractivity contribution in [2.75, 3.05) is 13.6 Å². The van der Waals surface area contributed by atoms with Crippen LogP contribution in [-0.4, -0.2) is 34.1 Å². The molecule has 1 fully saturated rings. The Balaban J connectivity index is 2.45. The van der Waals surface area contributed by atoms with Crippen molar-refractivity contribution in [1.82, 2.24) is 14.8 Å². The van der Waals surface area contributed by atoms with E-state index in [0.29, 0.717) is 6.04 Å². The summed E-state index contributed by atoms with van der Waals surface area (Å²) in [6.07, 6.45) is 1.70. The molecule has 6 heteroatoms. The molecule has 1 aliphatic rings.